The second-order valence-corrected chi connectivity index (χ2v) is 3.61. The number of hydrogen-bond donors (Lipinski definition) is 0. The van der Waals surface area contributed by atoms with Crippen LogP contribution in [0.5, 0.6) is 0 Å². The van der Waals surface area contributed by atoms with Crippen LogP contribution in [0.3, 0.4) is 0 Å². The van der Waals surface area contributed by atoms with Gasteiger partial charge in [0.15, 0.2) is 0 Å². The molecule has 1 rings (SSSR count). The van der Waals surface area contributed by atoms with Crippen molar-refractivity contribution in [2.45, 2.75) is 6.18 Å². The van der Waals surface area contributed by atoms with Crippen LogP contribution in [0.2, 0.25) is 5.02 Å². The smallest absolute Gasteiger partial charge is 0.274 e. The minimum Gasteiger partial charge on any atom is -0.274 e. The summed E-state index contributed by atoms with van der Waals surface area (Å²) in [6, 6.07) is 2.80. The van der Waals surface area contributed by atoms with Gasteiger partial charge >= 0.3 is 6.18 Å². The van der Waals surface area contributed by atoms with E-state index in [0.29, 0.717) is 5.06 Å². The van der Waals surface area contributed by atoms with Gasteiger partial charge in [0.1, 0.15) is 0 Å². The van der Waals surface area contributed by atoms with E-state index in [0.717, 1.165) is 18.2 Å². The Labute approximate surface area is 101 Å². The maximum atomic E-state index is 12.7. The molecule has 0 aliphatic carbocycles. The first-order valence-electron chi connectivity index (χ1n) is 4.46. The first kappa shape index (κ1) is 13.8. The van der Waals surface area contributed by atoms with Crippen LogP contribution >= 0.6 is 11.6 Å². The number of nitrogens with zero attached hydrogens (tertiary/aromatic N) is 1. The molecule has 17 heavy (non-hydrogen) atoms. The van der Waals surface area contributed by atoms with Crippen molar-refractivity contribution < 1.29 is 22.8 Å². The molecule has 0 aliphatic heterocycles. The van der Waals surface area contributed by atoms with Crippen molar-refractivity contribution in [2.75, 3.05) is 14.2 Å². The van der Waals surface area contributed by atoms with Gasteiger partial charge < -0.3 is 0 Å². The molecule has 0 radical (unpaired) electrons. The van der Waals surface area contributed by atoms with E-state index in [1.54, 1.807) is 0 Å². The summed E-state index contributed by atoms with van der Waals surface area (Å²) in [7, 11) is 2.39. The van der Waals surface area contributed by atoms with E-state index in [9.17, 15) is 18.0 Å². The van der Waals surface area contributed by atoms with Crippen molar-refractivity contribution in [1.29, 1.82) is 0 Å². The van der Waals surface area contributed by atoms with Gasteiger partial charge in [0.05, 0.1) is 18.2 Å². The highest BCUT2D eigenvalue weighted by molar-refractivity contribution is 6.31. The lowest BCUT2D eigenvalue weighted by Crippen LogP contribution is -2.27. The molecule has 7 heteroatoms. The highest BCUT2D eigenvalue weighted by Gasteiger charge is 2.36. The molecule has 1 amide bonds. The number of hydroxylamine groups is 2. The molecule has 94 valence electrons. The second kappa shape index (κ2) is 4.93. The summed E-state index contributed by atoms with van der Waals surface area (Å²) in [5.41, 5.74) is -1.59. The molecule has 0 saturated carbocycles. The molecule has 3 nitrogen and oxygen atoms in total. The molecule has 0 aliphatic rings. The van der Waals surface area contributed by atoms with Crippen LogP contribution < -0.4 is 0 Å². The fourth-order valence-electron chi connectivity index (χ4n) is 1.19. The summed E-state index contributed by atoms with van der Waals surface area (Å²) in [6.07, 6.45) is -4.62. The van der Waals surface area contributed by atoms with Gasteiger partial charge in [-0.25, -0.2) is 5.06 Å². The SMILES string of the molecule is CON(C)C(=O)c1cc(Cl)ccc1C(F)(F)F. The van der Waals surface area contributed by atoms with E-state index in [1.807, 2.05) is 0 Å². The van der Waals surface area contributed by atoms with Crippen molar-refractivity contribution in [1.82, 2.24) is 5.06 Å². The van der Waals surface area contributed by atoms with E-state index >= 15 is 0 Å². The molecule has 0 heterocycles. The third-order valence-electron chi connectivity index (χ3n) is 2.08. The average Bonchev–Trinajstić information content (AvgIpc) is 2.25. The zero-order valence-corrected chi connectivity index (χ0v) is 9.76. The Balaban J connectivity index is 3.30. The topological polar surface area (TPSA) is 29.5 Å². The normalized spacial score (nSPS) is 11.4. The molecule has 0 bridgehead atoms. The van der Waals surface area contributed by atoms with Gasteiger partial charge in [-0.1, -0.05) is 11.6 Å². The first-order chi connectivity index (χ1) is 7.77. The van der Waals surface area contributed by atoms with Gasteiger partial charge in [-0.2, -0.15) is 13.2 Å². The van der Waals surface area contributed by atoms with Crippen molar-refractivity contribution in [3.63, 3.8) is 0 Å². The van der Waals surface area contributed by atoms with Crippen LogP contribution in [0.4, 0.5) is 13.2 Å². The van der Waals surface area contributed by atoms with Crippen LogP contribution in [0.15, 0.2) is 18.2 Å². The van der Waals surface area contributed by atoms with Crippen LogP contribution in [-0.4, -0.2) is 25.1 Å². The molecule has 0 unspecified atom stereocenters. The number of halogens is 4. The Morgan fingerprint density at radius 1 is 1.41 bits per heavy atom. The molecular formula is C10H9ClF3NO2. The van der Waals surface area contributed by atoms with E-state index in [-0.39, 0.29) is 5.02 Å². The third-order valence-corrected chi connectivity index (χ3v) is 2.31. The Bertz CT molecular complexity index is 434. The van der Waals surface area contributed by atoms with Gasteiger partial charge in [0.25, 0.3) is 5.91 Å². The Hall–Kier alpha value is -1.27. The van der Waals surface area contributed by atoms with Crippen LogP contribution in [0.25, 0.3) is 0 Å². The summed E-state index contributed by atoms with van der Waals surface area (Å²) < 4.78 is 38.0. The van der Waals surface area contributed by atoms with Crippen molar-refractivity contribution in [3.05, 3.63) is 34.3 Å². The van der Waals surface area contributed by atoms with Gasteiger partial charge in [0, 0.05) is 12.1 Å². The number of hydrogen-bond acceptors (Lipinski definition) is 2. The maximum absolute atomic E-state index is 12.7. The molecule has 0 spiro atoms. The minimum absolute atomic E-state index is 0.0471. The van der Waals surface area contributed by atoms with Crippen LogP contribution in [0, 0.1) is 0 Å². The fraction of sp³-hybridized carbons (Fsp3) is 0.300. The largest absolute Gasteiger partial charge is 0.417 e. The van der Waals surface area contributed by atoms with Gasteiger partial charge in [-0.05, 0) is 18.2 Å². The molecule has 1 aromatic carbocycles. The molecule has 0 aromatic heterocycles. The lowest BCUT2D eigenvalue weighted by Gasteiger charge is -2.17. The summed E-state index contributed by atoms with van der Waals surface area (Å²) in [6.45, 7) is 0. The van der Waals surface area contributed by atoms with Crippen molar-refractivity contribution in [2.24, 2.45) is 0 Å². The number of carbonyl (C=O) groups is 1. The number of benzene rings is 1. The predicted molar refractivity (Wildman–Crippen MR) is 55.6 cm³/mol. The van der Waals surface area contributed by atoms with Crippen molar-refractivity contribution in [3.8, 4) is 0 Å². The molecule has 0 atom stereocenters. The predicted octanol–water partition coefficient (Wildman–Crippen LogP) is 2.99. The Morgan fingerprint density at radius 2 is 2.00 bits per heavy atom. The highest BCUT2D eigenvalue weighted by atomic mass is 35.5. The lowest BCUT2D eigenvalue weighted by atomic mass is 10.1. The zero-order chi connectivity index (χ0) is 13.2. The van der Waals surface area contributed by atoms with Gasteiger partial charge in [0.2, 0.25) is 0 Å². The Morgan fingerprint density at radius 3 is 2.47 bits per heavy atom. The third kappa shape index (κ3) is 3.10. The number of alkyl halides is 3. The molecule has 1 aromatic rings. The highest BCUT2D eigenvalue weighted by Crippen LogP contribution is 2.33. The quantitative estimate of drug-likeness (QED) is 0.771. The van der Waals surface area contributed by atoms with E-state index in [2.05, 4.69) is 4.84 Å². The van der Waals surface area contributed by atoms with Gasteiger partial charge in [-0.15, -0.1) is 0 Å². The number of amides is 1. The lowest BCUT2D eigenvalue weighted by molar-refractivity contribution is -0.138. The summed E-state index contributed by atoms with van der Waals surface area (Å²) in [5, 5.41) is 0.742. The van der Waals surface area contributed by atoms with E-state index < -0.39 is 23.2 Å². The van der Waals surface area contributed by atoms with Crippen LogP contribution in [0.1, 0.15) is 15.9 Å². The van der Waals surface area contributed by atoms with Gasteiger partial charge in [-0.3, -0.25) is 9.63 Å². The molecule has 0 saturated heterocycles. The second-order valence-electron chi connectivity index (χ2n) is 3.17. The molecule has 0 fully saturated rings. The fourth-order valence-corrected chi connectivity index (χ4v) is 1.37. The Kier molecular flexibility index (Phi) is 4.00. The summed E-state index contributed by atoms with van der Waals surface area (Å²) >= 11 is 5.58. The zero-order valence-electron chi connectivity index (χ0n) is 9.01. The average molecular weight is 268 g/mol. The summed E-state index contributed by atoms with van der Waals surface area (Å²) in [4.78, 5) is 16.2. The first-order valence-corrected chi connectivity index (χ1v) is 4.84. The van der Waals surface area contributed by atoms with Crippen molar-refractivity contribution >= 4 is 17.5 Å². The molecule has 0 N–H and O–H groups in total. The number of carbonyl (C=O) groups excluding carboxylic acids is 1. The summed E-state index contributed by atoms with van der Waals surface area (Å²) in [5.74, 6) is -0.915. The van der Waals surface area contributed by atoms with E-state index in [4.69, 9.17) is 11.6 Å². The van der Waals surface area contributed by atoms with E-state index in [1.165, 1.54) is 14.2 Å². The van der Waals surface area contributed by atoms with Crippen LogP contribution in [-0.2, 0) is 11.0 Å². The number of rotatable bonds is 2. The monoisotopic (exact) mass is 267 g/mol. The maximum Gasteiger partial charge on any atom is 0.417 e. The standard InChI is InChI=1S/C10H9ClF3NO2/c1-15(17-2)9(16)7-5-6(11)3-4-8(7)10(12,13)14/h3-5H,1-2H3. The minimum atomic E-state index is -4.62. The molecular weight excluding hydrogens is 259 g/mol.